The van der Waals surface area contributed by atoms with Crippen LogP contribution in [-0.2, 0) is 0 Å². The largest absolute Gasteiger partial charge is 0.466 e. The van der Waals surface area contributed by atoms with Crippen LogP contribution >= 0.6 is 0 Å². The predicted octanol–water partition coefficient (Wildman–Crippen LogP) is 3.00. The van der Waals surface area contributed by atoms with Gasteiger partial charge in [-0.15, -0.1) is 0 Å². The number of rotatable bonds is 3. The average molecular weight is 204 g/mol. The molecule has 0 saturated heterocycles. The molecular weight excluding hydrogens is 188 g/mol. The molecule has 0 bridgehead atoms. The quantitative estimate of drug-likeness (QED) is 0.833. The molecule has 2 aromatic heterocycles. The molecule has 0 radical (unpaired) electrons. The summed E-state index contributed by atoms with van der Waals surface area (Å²) < 4.78 is 7.46. The summed E-state index contributed by atoms with van der Waals surface area (Å²) in [5.41, 5.74) is 4.56. The Labute approximate surface area is 89.7 Å². The topological polar surface area (TPSA) is 30.1 Å². The van der Waals surface area contributed by atoms with Crippen molar-refractivity contribution in [3.05, 3.63) is 47.7 Å². The number of hydrogen-bond acceptors (Lipinski definition) is 2. The minimum Gasteiger partial charge on any atom is -0.466 e. The molecular formula is C12H16N2O. The maximum Gasteiger partial charge on any atom is 0.106 e. The van der Waals surface area contributed by atoms with Crippen LogP contribution in [0.1, 0.15) is 30.0 Å². The van der Waals surface area contributed by atoms with Gasteiger partial charge in [0.05, 0.1) is 6.04 Å². The summed E-state index contributed by atoms with van der Waals surface area (Å²) in [6, 6.07) is 6.31. The van der Waals surface area contributed by atoms with Gasteiger partial charge in [-0.25, -0.2) is 0 Å². The summed E-state index contributed by atoms with van der Waals surface area (Å²) in [5, 5.41) is 0. The monoisotopic (exact) mass is 204 g/mol. The van der Waals surface area contributed by atoms with Crippen molar-refractivity contribution in [2.75, 3.05) is 5.43 Å². The SMILES string of the molecule is Cc1cc(C(C)Nn2cccc2)c(C)o1. The highest BCUT2D eigenvalue weighted by atomic mass is 16.3. The maximum atomic E-state index is 5.51. The number of aryl methyl sites for hydroxylation is 2. The summed E-state index contributed by atoms with van der Waals surface area (Å²) in [7, 11) is 0. The lowest BCUT2D eigenvalue weighted by molar-refractivity contribution is 0.498. The zero-order valence-corrected chi connectivity index (χ0v) is 9.32. The van der Waals surface area contributed by atoms with E-state index in [0.29, 0.717) is 0 Å². The summed E-state index contributed by atoms with van der Waals surface area (Å²) in [6.07, 6.45) is 3.97. The zero-order valence-electron chi connectivity index (χ0n) is 9.32. The van der Waals surface area contributed by atoms with Crippen LogP contribution in [0.4, 0.5) is 0 Å². The summed E-state index contributed by atoms with van der Waals surface area (Å²) in [5.74, 6) is 1.95. The molecule has 3 nitrogen and oxygen atoms in total. The molecule has 0 amide bonds. The third-order valence-corrected chi connectivity index (χ3v) is 2.49. The average Bonchev–Trinajstić information content (AvgIpc) is 2.75. The van der Waals surface area contributed by atoms with Gasteiger partial charge in [0, 0.05) is 18.0 Å². The fraction of sp³-hybridized carbons (Fsp3) is 0.333. The van der Waals surface area contributed by atoms with E-state index < -0.39 is 0 Å². The van der Waals surface area contributed by atoms with E-state index in [1.165, 1.54) is 5.56 Å². The van der Waals surface area contributed by atoms with Gasteiger partial charge in [0.15, 0.2) is 0 Å². The van der Waals surface area contributed by atoms with Crippen LogP contribution in [0.15, 0.2) is 35.0 Å². The normalized spacial score (nSPS) is 12.7. The van der Waals surface area contributed by atoms with Crippen molar-refractivity contribution in [1.29, 1.82) is 0 Å². The molecule has 3 heteroatoms. The number of hydrogen-bond donors (Lipinski definition) is 1. The van der Waals surface area contributed by atoms with Crippen molar-refractivity contribution in [2.45, 2.75) is 26.8 Å². The van der Waals surface area contributed by atoms with Crippen LogP contribution in [-0.4, -0.2) is 4.68 Å². The first-order valence-electron chi connectivity index (χ1n) is 5.13. The van der Waals surface area contributed by atoms with Crippen LogP contribution in [0.3, 0.4) is 0 Å². The Morgan fingerprint density at radius 2 is 1.93 bits per heavy atom. The first-order chi connectivity index (χ1) is 7.16. The van der Waals surface area contributed by atoms with Crippen molar-refractivity contribution in [2.24, 2.45) is 0 Å². The second-order valence-electron chi connectivity index (χ2n) is 3.81. The zero-order chi connectivity index (χ0) is 10.8. The second-order valence-corrected chi connectivity index (χ2v) is 3.81. The standard InChI is InChI=1S/C12H16N2O/c1-9-8-12(11(3)15-9)10(2)13-14-6-4-5-7-14/h4-8,10,13H,1-3H3. The second kappa shape index (κ2) is 3.85. The molecule has 15 heavy (non-hydrogen) atoms. The van der Waals surface area contributed by atoms with Crippen LogP contribution in [0, 0.1) is 13.8 Å². The molecule has 2 heterocycles. The van der Waals surface area contributed by atoms with Gasteiger partial charge >= 0.3 is 0 Å². The molecule has 1 unspecified atom stereocenters. The van der Waals surface area contributed by atoms with Crippen molar-refractivity contribution < 1.29 is 4.42 Å². The van der Waals surface area contributed by atoms with E-state index >= 15 is 0 Å². The number of nitrogens with one attached hydrogen (secondary N) is 1. The molecule has 1 N–H and O–H groups in total. The van der Waals surface area contributed by atoms with Gasteiger partial charge in [0.1, 0.15) is 11.5 Å². The van der Waals surface area contributed by atoms with E-state index in [-0.39, 0.29) is 6.04 Å². The van der Waals surface area contributed by atoms with E-state index in [4.69, 9.17) is 4.42 Å². The number of aromatic nitrogens is 1. The van der Waals surface area contributed by atoms with Crippen LogP contribution < -0.4 is 5.43 Å². The molecule has 0 fully saturated rings. The first kappa shape index (κ1) is 9.90. The smallest absolute Gasteiger partial charge is 0.106 e. The highest BCUT2D eigenvalue weighted by Crippen LogP contribution is 2.21. The minimum absolute atomic E-state index is 0.245. The molecule has 0 aliphatic rings. The van der Waals surface area contributed by atoms with E-state index in [1.807, 2.05) is 43.0 Å². The van der Waals surface area contributed by atoms with Gasteiger partial charge in [0.2, 0.25) is 0 Å². The van der Waals surface area contributed by atoms with Crippen molar-refractivity contribution in [3.8, 4) is 0 Å². The van der Waals surface area contributed by atoms with Gasteiger partial charge in [0.25, 0.3) is 0 Å². The fourth-order valence-electron chi connectivity index (χ4n) is 1.79. The third-order valence-electron chi connectivity index (χ3n) is 2.49. The molecule has 0 aliphatic heterocycles. The summed E-state index contributed by atoms with van der Waals surface area (Å²) in [6.45, 7) is 6.09. The molecule has 80 valence electrons. The van der Waals surface area contributed by atoms with Gasteiger partial charge < -0.3 is 9.84 Å². The van der Waals surface area contributed by atoms with E-state index in [2.05, 4.69) is 18.4 Å². The van der Waals surface area contributed by atoms with Crippen LogP contribution in [0.25, 0.3) is 0 Å². The Hall–Kier alpha value is -1.64. The number of nitrogens with zero attached hydrogens (tertiary/aromatic N) is 1. The molecule has 0 aliphatic carbocycles. The highest BCUT2D eigenvalue weighted by Gasteiger charge is 2.11. The summed E-state index contributed by atoms with van der Waals surface area (Å²) in [4.78, 5) is 0. The Bertz CT molecular complexity index is 428. The molecule has 0 saturated carbocycles. The lowest BCUT2D eigenvalue weighted by atomic mass is 10.1. The fourth-order valence-corrected chi connectivity index (χ4v) is 1.79. The van der Waals surface area contributed by atoms with Gasteiger partial charge in [-0.05, 0) is 39.0 Å². The molecule has 0 aromatic carbocycles. The maximum absolute atomic E-state index is 5.51. The summed E-state index contributed by atoms with van der Waals surface area (Å²) >= 11 is 0. The van der Waals surface area contributed by atoms with Crippen molar-refractivity contribution in [1.82, 2.24) is 4.68 Å². The van der Waals surface area contributed by atoms with Crippen molar-refractivity contribution >= 4 is 0 Å². The molecule has 2 rings (SSSR count). The van der Waals surface area contributed by atoms with Gasteiger partial charge in [-0.1, -0.05) is 0 Å². The van der Waals surface area contributed by atoms with Crippen molar-refractivity contribution in [3.63, 3.8) is 0 Å². The highest BCUT2D eigenvalue weighted by molar-refractivity contribution is 5.25. The molecule has 0 spiro atoms. The van der Waals surface area contributed by atoms with E-state index in [0.717, 1.165) is 11.5 Å². The Balaban J connectivity index is 2.14. The first-order valence-corrected chi connectivity index (χ1v) is 5.13. The van der Waals surface area contributed by atoms with E-state index in [1.54, 1.807) is 0 Å². The third kappa shape index (κ3) is 2.06. The molecule has 1 atom stereocenters. The minimum atomic E-state index is 0.245. The van der Waals surface area contributed by atoms with Crippen LogP contribution in [0.2, 0.25) is 0 Å². The Kier molecular flexibility index (Phi) is 2.54. The lowest BCUT2D eigenvalue weighted by Crippen LogP contribution is -2.16. The lowest BCUT2D eigenvalue weighted by Gasteiger charge is -2.15. The predicted molar refractivity (Wildman–Crippen MR) is 60.4 cm³/mol. The Morgan fingerprint density at radius 1 is 1.27 bits per heavy atom. The van der Waals surface area contributed by atoms with E-state index in [9.17, 15) is 0 Å². The number of furan rings is 1. The van der Waals surface area contributed by atoms with Gasteiger partial charge in [-0.2, -0.15) is 0 Å². The van der Waals surface area contributed by atoms with Crippen LogP contribution in [0.5, 0.6) is 0 Å². The molecule has 2 aromatic rings. The Morgan fingerprint density at radius 3 is 2.47 bits per heavy atom. The van der Waals surface area contributed by atoms with Gasteiger partial charge in [-0.3, -0.25) is 4.68 Å².